The largest absolute Gasteiger partial charge is 0.344 e. The van der Waals surface area contributed by atoms with Crippen LogP contribution in [-0.4, -0.2) is 36.5 Å². The third-order valence-electron chi connectivity index (χ3n) is 5.84. The van der Waals surface area contributed by atoms with Gasteiger partial charge in [-0.1, -0.05) is 27.2 Å². The number of amides is 1. The van der Waals surface area contributed by atoms with Gasteiger partial charge in [-0.05, 0) is 43.4 Å². The lowest BCUT2D eigenvalue weighted by Gasteiger charge is -2.41. The van der Waals surface area contributed by atoms with Crippen LogP contribution in [0, 0.1) is 11.3 Å². The summed E-state index contributed by atoms with van der Waals surface area (Å²) in [6, 6.07) is 1.18. The Morgan fingerprint density at radius 1 is 1.15 bits per heavy atom. The third-order valence-corrected chi connectivity index (χ3v) is 5.84. The predicted molar refractivity (Wildman–Crippen MR) is 83.6 cm³/mol. The SMILES string of the molecule is CCC(C)(C)C1CCC(NC2CCC(=O)N(C)C2)CC1. The lowest BCUT2D eigenvalue weighted by atomic mass is 9.69. The molecular formula is C17H32N2O. The molecule has 1 heterocycles. The van der Waals surface area contributed by atoms with Crippen LogP contribution in [-0.2, 0) is 4.79 Å². The van der Waals surface area contributed by atoms with Crippen molar-refractivity contribution in [2.45, 2.75) is 77.8 Å². The average Bonchev–Trinajstić information content (AvgIpc) is 2.43. The molecule has 0 bridgehead atoms. The van der Waals surface area contributed by atoms with E-state index in [9.17, 15) is 4.79 Å². The first kappa shape index (κ1) is 15.8. The standard InChI is InChI=1S/C17H32N2O/c1-5-17(2,3)13-6-8-14(9-7-13)18-15-10-11-16(20)19(4)12-15/h13-15,18H,5-12H2,1-4H3. The van der Waals surface area contributed by atoms with Crippen molar-refractivity contribution >= 4 is 5.91 Å². The van der Waals surface area contributed by atoms with Gasteiger partial charge in [0.1, 0.15) is 0 Å². The number of nitrogens with one attached hydrogen (secondary N) is 1. The van der Waals surface area contributed by atoms with Gasteiger partial charge in [-0.2, -0.15) is 0 Å². The van der Waals surface area contributed by atoms with Gasteiger partial charge in [0.05, 0.1) is 0 Å². The molecule has 0 spiro atoms. The molecule has 2 aliphatic rings. The lowest BCUT2D eigenvalue weighted by molar-refractivity contribution is -0.132. The van der Waals surface area contributed by atoms with Crippen LogP contribution in [0.4, 0.5) is 0 Å². The van der Waals surface area contributed by atoms with E-state index in [1.54, 1.807) is 0 Å². The molecule has 1 unspecified atom stereocenters. The molecule has 2 fully saturated rings. The van der Waals surface area contributed by atoms with E-state index in [1.807, 2.05) is 11.9 Å². The van der Waals surface area contributed by atoms with Crippen LogP contribution in [0.25, 0.3) is 0 Å². The summed E-state index contributed by atoms with van der Waals surface area (Å²) in [6.45, 7) is 8.05. The highest BCUT2D eigenvalue weighted by Crippen LogP contribution is 2.40. The van der Waals surface area contributed by atoms with Gasteiger partial charge in [0, 0.05) is 32.1 Å². The van der Waals surface area contributed by atoms with Crippen LogP contribution in [0.5, 0.6) is 0 Å². The second-order valence-corrected chi connectivity index (χ2v) is 7.57. The van der Waals surface area contributed by atoms with E-state index < -0.39 is 0 Å². The van der Waals surface area contributed by atoms with Crippen molar-refractivity contribution in [2.75, 3.05) is 13.6 Å². The first-order valence-electron chi connectivity index (χ1n) is 8.42. The van der Waals surface area contributed by atoms with Crippen molar-refractivity contribution in [3.8, 4) is 0 Å². The molecule has 116 valence electrons. The third kappa shape index (κ3) is 3.75. The second-order valence-electron chi connectivity index (χ2n) is 7.57. The summed E-state index contributed by atoms with van der Waals surface area (Å²) < 4.78 is 0. The molecule has 1 saturated heterocycles. The Morgan fingerprint density at radius 2 is 1.80 bits per heavy atom. The first-order chi connectivity index (χ1) is 9.42. The number of nitrogens with zero attached hydrogens (tertiary/aromatic N) is 1. The molecule has 1 aliphatic heterocycles. The Labute approximate surface area is 124 Å². The molecule has 0 aromatic heterocycles. The predicted octanol–water partition coefficient (Wildman–Crippen LogP) is 3.19. The number of likely N-dealkylation sites (tertiary alicyclic amines) is 1. The number of piperidine rings is 1. The van der Waals surface area contributed by atoms with Crippen LogP contribution in [0.3, 0.4) is 0 Å². The van der Waals surface area contributed by atoms with Crippen LogP contribution >= 0.6 is 0 Å². The maximum Gasteiger partial charge on any atom is 0.222 e. The maximum atomic E-state index is 11.5. The minimum atomic E-state index is 0.302. The molecule has 20 heavy (non-hydrogen) atoms. The summed E-state index contributed by atoms with van der Waals surface area (Å²) in [5, 5.41) is 3.80. The van der Waals surface area contributed by atoms with Gasteiger partial charge in [0.25, 0.3) is 0 Å². The summed E-state index contributed by atoms with van der Waals surface area (Å²) in [5.74, 6) is 1.19. The molecule has 3 nitrogen and oxygen atoms in total. The van der Waals surface area contributed by atoms with E-state index in [4.69, 9.17) is 0 Å². The molecule has 1 atom stereocenters. The van der Waals surface area contributed by atoms with E-state index >= 15 is 0 Å². The van der Waals surface area contributed by atoms with Crippen LogP contribution in [0.1, 0.15) is 65.7 Å². The smallest absolute Gasteiger partial charge is 0.222 e. The van der Waals surface area contributed by atoms with E-state index in [1.165, 1.54) is 32.1 Å². The molecule has 1 saturated carbocycles. The van der Waals surface area contributed by atoms with Gasteiger partial charge in [-0.25, -0.2) is 0 Å². The number of likely N-dealkylation sites (N-methyl/N-ethyl adjacent to an activating group) is 1. The van der Waals surface area contributed by atoms with Crippen molar-refractivity contribution in [2.24, 2.45) is 11.3 Å². The average molecular weight is 280 g/mol. The van der Waals surface area contributed by atoms with Crippen LogP contribution in [0.15, 0.2) is 0 Å². The second kappa shape index (κ2) is 6.46. The Kier molecular flexibility index (Phi) is 5.11. The first-order valence-corrected chi connectivity index (χ1v) is 8.42. The van der Waals surface area contributed by atoms with Crippen molar-refractivity contribution in [3.63, 3.8) is 0 Å². The fourth-order valence-electron chi connectivity index (χ4n) is 3.81. The van der Waals surface area contributed by atoms with E-state index in [2.05, 4.69) is 26.1 Å². The highest BCUT2D eigenvalue weighted by molar-refractivity contribution is 5.76. The quantitative estimate of drug-likeness (QED) is 0.857. The summed E-state index contributed by atoms with van der Waals surface area (Å²) in [5.41, 5.74) is 0.502. The van der Waals surface area contributed by atoms with Gasteiger partial charge in [-0.3, -0.25) is 4.79 Å². The van der Waals surface area contributed by atoms with Gasteiger partial charge in [0.15, 0.2) is 0 Å². The molecule has 0 radical (unpaired) electrons. The minimum absolute atomic E-state index is 0.302. The molecule has 1 N–H and O–H groups in total. The molecule has 0 aromatic carbocycles. The zero-order valence-corrected chi connectivity index (χ0v) is 13.7. The minimum Gasteiger partial charge on any atom is -0.344 e. The Balaban J connectivity index is 1.76. The van der Waals surface area contributed by atoms with E-state index in [0.29, 0.717) is 29.8 Å². The highest BCUT2D eigenvalue weighted by atomic mass is 16.2. The Morgan fingerprint density at radius 3 is 2.35 bits per heavy atom. The van der Waals surface area contributed by atoms with Gasteiger partial charge >= 0.3 is 0 Å². The van der Waals surface area contributed by atoms with Crippen molar-refractivity contribution in [3.05, 3.63) is 0 Å². The van der Waals surface area contributed by atoms with Crippen LogP contribution in [0.2, 0.25) is 0 Å². The summed E-state index contributed by atoms with van der Waals surface area (Å²) in [7, 11) is 1.93. The fourth-order valence-corrected chi connectivity index (χ4v) is 3.81. The zero-order chi connectivity index (χ0) is 14.8. The highest BCUT2D eigenvalue weighted by Gasteiger charge is 2.33. The zero-order valence-electron chi connectivity index (χ0n) is 13.7. The molecular weight excluding hydrogens is 248 g/mol. The Bertz CT molecular complexity index is 332. The van der Waals surface area contributed by atoms with E-state index in [-0.39, 0.29) is 0 Å². The maximum absolute atomic E-state index is 11.5. The monoisotopic (exact) mass is 280 g/mol. The molecule has 0 aromatic rings. The van der Waals surface area contributed by atoms with E-state index in [0.717, 1.165) is 18.9 Å². The van der Waals surface area contributed by atoms with Crippen molar-refractivity contribution in [1.82, 2.24) is 10.2 Å². The van der Waals surface area contributed by atoms with Crippen LogP contribution < -0.4 is 5.32 Å². The van der Waals surface area contributed by atoms with Gasteiger partial charge in [0.2, 0.25) is 5.91 Å². The number of hydrogen-bond acceptors (Lipinski definition) is 2. The normalized spacial score (nSPS) is 32.5. The fraction of sp³-hybridized carbons (Fsp3) is 0.941. The van der Waals surface area contributed by atoms with Crippen molar-refractivity contribution in [1.29, 1.82) is 0 Å². The molecule has 1 amide bonds. The Hall–Kier alpha value is -0.570. The lowest BCUT2D eigenvalue weighted by Crippen LogP contribution is -2.50. The van der Waals surface area contributed by atoms with Crippen molar-refractivity contribution < 1.29 is 4.79 Å². The van der Waals surface area contributed by atoms with Gasteiger partial charge < -0.3 is 10.2 Å². The molecule has 1 aliphatic carbocycles. The number of hydrogen-bond donors (Lipinski definition) is 1. The summed E-state index contributed by atoms with van der Waals surface area (Å²) in [6.07, 6.45) is 8.35. The van der Waals surface area contributed by atoms with Gasteiger partial charge in [-0.15, -0.1) is 0 Å². The summed E-state index contributed by atoms with van der Waals surface area (Å²) in [4.78, 5) is 13.4. The molecule has 3 heteroatoms. The topological polar surface area (TPSA) is 32.3 Å². The summed E-state index contributed by atoms with van der Waals surface area (Å²) >= 11 is 0. The number of carbonyl (C=O) groups excluding carboxylic acids is 1. The number of rotatable bonds is 4. The number of carbonyl (C=O) groups is 1. The molecule has 2 rings (SSSR count).